The van der Waals surface area contributed by atoms with Gasteiger partial charge in [-0.3, -0.25) is 24.1 Å². The van der Waals surface area contributed by atoms with Crippen LogP contribution in [0, 0.1) is 11.8 Å². The average molecular weight is 651 g/mol. The number of morpholine rings is 1. The van der Waals surface area contributed by atoms with Crippen molar-refractivity contribution < 1.29 is 38.5 Å². The Morgan fingerprint density at radius 1 is 0.979 bits per heavy atom. The van der Waals surface area contributed by atoms with Crippen molar-refractivity contribution in [2.24, 2.45) is 11.8 Å². The minimum absolute atomic E-state index is 0.0330. The number of hydrogen-bond donors (Lipinski definition) is 2. The first-order chi connectivity index (χ1) is 22.8. The van der Waals surface area contributed by atoms with E-state index in [9.17, 15) is 24.3 Å². The lowest BCUT2D eigenvalue weighted by Crippen LogP contribution is -2.56. The summed E-state index contributed by atoms with van der Waals surface area (Å²) < 4.78 is 18.5. The molecule has 1 aromatic carbocycles. The molecule has 0 radical (unpaired) electrons. The number of fused-ring (bicyclic) bond motifs is 2. The fourth-order valence-electron chi connectivity index (χ4n) is 7.67. The number of hydrogen-bond acceptors (Lipinski definition) is 9. The van der Waals surface area contributed by atoms with Gasteiger partial charge in [0.2, 0.25) is 17.7 Å². The van der Waals surface area contributed by atoms with Crippen molar-refractivity contribution in [2.45, 2.75) is 62.5 Å². The van der Waals surface area contributed by atoms with Gasteiger partial charge in [0.1, 0.15) is 23.7 Å². The lowest BCUT2D eigenvalue weighted by molar-refractivity contribution is -0.161. The number of benzene rings is 1. The van der Waals surface area contributed by atoms with Crippen molar-refractivity contribution in [3.05, 3.63) is 60.2 Å². The van der Waals surface area contributed by atoms with Crippen molar-refractivity contribution in [1.29, 1.82) is 0 Å². The van der Waals surface area contributed by atoms with E-state index in [-0.39, 0.29) is 37.3 Å². The van der Waals surface area contributed by atoms with E-state index in [1.54, 1.807) is 28.9 Å². The van der Waals surface area contributed by atoms with Gasteiger partial charge >= 0.3 is 5.97 Å². The highest BCUT2D eigenvalue weighted by Crippen LogP contribution is 2.53. The molecule has 254 valence electrons. The minimum Gasteiger partial charge on any atom is -0.455 e. The normalized spacial score (nSPS) is 34.0. The lowest BCUT2D eigenvalue weighted by atomic mass is 9.77. The summed E-state index contributed by atoms with van der Waals surface area (Å²) in [6.45, 7) is 6.43. The lowest BCUT2D eigenvalue weighted by Gasteiger charge is -2.36. The van der Waals surface area contributed by atoms with E-state index in [1.807, 2.05) is 42.5 Å². The van der Waals surface area contributed by atoms with E-state index in [2.05, 4.69) is 10.2 Å². The molecule has 1 aromatic rings. The summed E-state index contributed by atoms with van der Waals surface area (Å²) in [5, 5.41) is 12.5. The molecule has 5 aliphatic rings. The maximum atomic E-state index is 14.5. The Kier molecular flexibility index (Phi) is 10.4. The number of unbranched alkanes of at least 4 members (excludes halogenated alkanes) is 1. The van der Waals surface area contributed by atoms with Crippen molar-refractivity contribution >= 4 is 23.7 Å². The van der Waals surface area contributed by atoms with Gasteiger partial charge in [0.25, 0.3) is 0 Å². The number of carbonyl (C=O) groups excluding carboxylic acids is 4. The first-order valence-corrected chi connectivity index (χ1v) is 16.9. The van der Waals surface area contributed by atoms with E-state index in [1.165, 1.54) is 0 Å². The van der Waals surface area contributed by atoms with Crippen LogP contribution in [0.3, 0.4) is 0 Å². The quantitative estimate of drug-likeness (QED) is 0.242. The number of likely N-dealkylation sites (tertiary alicyclic amines) is 1. The van der Waals surface area contributed by atoms with Gasteiger partial charge in [-0.25, -0.2) is 0 Å². The van der Waals surface area contributed by atoms with Gasteiger partial charge in [-0.1, -0.05) is 54.6 Å². The molecule has 0 aliphatic carbocycles. The molecule has 3 saturated heterocycles. The monoisotopic (exact) mass is 650 g/mol. The summed E-state index contributed by atoms with van der Waals surface area (Å²) in [6.07, 6.45) is 7.24. The molecule has 0 unspecified atom stereocenters. The van der Waals surface area contributed by atoms with Gasteiger partial charge in [0.15, 0.2) is 0 Å². The third-order valence-corrected chi connectivity index (χ3v) is 10.0. The number of aliphatic hydroxyl groups is 1. The first-order valence-electron chi connectivity index (χ1n) is 16.9. The van der Waals surface area contributed by atoms with Gasteiger partial charge < -0.3 is 34.4 Å². The summed E-state index contributed by atoms with van der Waals surface area (Å²) >= 11 is 0. The van der Waals surface area contributed by atoms with Crippen LogP contribution in [0.25, 0.3) is 0 Å². The predicted octanol–water partition coefficient (Wildman–Crippen LogP) is 1.21. The van der Waals surface area contributed by atoms with Gasteiger partial charge in [0, 0.05) is 52.3 Å². The standard InChI is InChI=1S/C35H46N4O8/c1-24-30(25-10-3-2-4-11-25)46-34(44)28-26(12-5-6-13-27(41)36-24)47-35-14-9-15-38(18-17-37-19-22-45-23-20-37)33(43)31(35)39(16-7-8-21-40)32(42)29(28)35/h2-5,9-12,14,24,26,28-31,40H,6-8,13,15-23H2,1H3,(H,36,41)/b12-5-/t24-,26-,28+,29+,30+,31-,35+/m0/s1. The number of ether oxygens (including phenoxy) is 3. The fourth-order valence-corrected chi connectivity index (χ4v) is 7.67. The number of nitrogens with zero attached hydrogens (tertiary/aromatic N) is 3. The zero-order valence-electron chi connectivity index (χ0n) is 27.0. The zero-order chi connectivity index (χ0) is 33.0. The van der Waals surface area contributed by atoms with Crippen LogP contribution in [0.2, 0.25) is 0 Å². The van der Waals surface area contributed by atoms with Gasteiger partial charge in [0.05, 0.1) is 31.3 Å². The van der Waals surface area contributed by atoms with Crippen LogP contribution >= 0.6 is 0 Å². The third-order valence-electron chi connectivity index (χ3n) is 10.0. The number of amides is 3. The highest BCUT2D eigenvalue weighted by Gasteiger charge is 2.71. The second kappa shape index (κ2) is 14.7. The molecule has 5 heterocycles. The number of cyclic esters (lactones) is 1. The number of allylic oxidation sites excluding steroid dienone is 1. The predicted molar refractivity (Wildman–Crippen MR) is 171 cm³/mol. The average Bonchev–Trinajstić information content (AvgIpc) is 3.46. The summed E-state index contributed by atoms with van der Waals surface area (Å²) in [5.74, 6) is -3.34. The van der Waals surface area contributed by atoms with Crippen molar-refractivity contribution in [3.63, 3.8) is 0 Å². The van der Waals surface area contributed by atoms with Crippen LogP contribution in [0.1, 0.15) is 44.3 Å². The first kappa shape index (κ1) is 33.3. The Morgan fingerprint density at radius 3 is 2.53 bits per heavy atom. The topological polar surface area (TPSA) is 138 Å². The molecular weight excluding hydrogens is 604 g/mol. The molecule has 5 aliphatic heterocycles. The second-order valence-electron chi connectivity index (χ2n) is 13.0. The maximum absolute atomic E-state index is 14.5. The molecule has 2 N–H and O–H groups in total. The van der Waals surface area contributed by atoms with Gasteiger partial charge in [-0.15, -0.1) is 0 Å². The van der Waals surface area contributed by atoms with Gasteiger partial charge in [-0.2, -0.15) is 0 Å². The number of rotatable bonds is 8. The molecule has 1 spiro atoms. The van der Waals surface area contributed by atoms with Crippen LogP contribution in [-0.2, 0) is 33.4 Å². The van der Waals surface area contributed by atoms with Crippen LogP contribution in [0.15, 0.2) is 54.6 Å². The van der Waals surface area contributed by atoms with Crippen LogP contribution in [0.5, 0.6) is 0 Å². The second-order valence-corrected chi connectivity index (χ2v) is 13.0. The van der Waals surface area contributed by atoms with E-state index >= 15 is 0 Å². The highest BCUT2D eigenvalue weighted by atomic mass is 16.6. The molecular formula is C35H46N4O8. The molecule has 3 fully saturated rings. The fraction of sp³-hybridized carbons (Fsp3) is 0.600. The third kappa shape index (κ3) is 6.74. The molecule has 12 nitrogen and oxygen atoms in total. The molecule has 0 aromatic heterocycles. The van der Waals surface area contributed by atoms with Gasteiger partial charge in [-0.05, 0) is 31.7 Å². The Hall–Kier alpha value is -3.58. The summed E-state index contributed by atoms with van der Waals surface area (Å²) in [5.41, 5.74) is -0.671. The van der Waals surface area contributed by atoms with E-state index in [0.29, 0.717) is 57.7 Å². The Labute approximate surface area is 275 Å². The molecule has 3 amide bonds. The molecule has 0 saturated carbocycles. The van der Waals surface area contributed by atoms with Crippen LogP contribution in [-0.4, -0.2) is 126 Å². The summed E-state index contributed by atoms with van der Waals surface area (Å²) in [6, 6.07) is 7.72. The number of esters is 1. The number of nitrogens with one attached hydrogen (secondary N) is 1. The Bertz CT molecular complexity index is 1360. The Morgan fingerprint density at radius 2 is 1.77 bits per heavy atom. The van der Waals surface area contributed by atoms with E-state index < -0.39 is 47.7 Å². The van der Waals surface area contributed by atoms with E-state index in [4.69, 9.17) is 14.2 Å². The minimum atomic E-state index is -1.39. The summed E-state index contributed by atoms with van der Waals surface area (Å²) in [7, 11) is 0. The zero-order valence-corrected chi connectivity index (χ0v) is 27.0. The smallest absolute Gasteiger partial charge is 0.313 e. The SMILES string of the molecule is C[C@@H]1NC(=O)CC/C=C\[C@@H]2O[C@@]34C=CCN(CCN5CCOCC5)C(=O)[C@@H]3N(CCCCO)C(=O)[C@H]4[C@@H]2C(=O)O[C@H]1c1ccccc1. The summed E-state index contributed by atoms with van der Waals surface area (Å²) in [4.78, 5) is 61.7. The van der Waals surface area contributed by atoms with Crippen molar-refractivity contribution in [3.8, 4) is 0 Å². The highest BCUT2D eigenvalue weighted by molar-refractivity contribution is 5.99. The van der Waals surface area contributed by atoms with Crippen molar-refractivity contribution in [2.75, 3.05) is 59.1 Å². The number of aliphatic hydroxyl groups excluding tert-OH is 1. The van der Waals surface area contributed by atoms with Crippen molar-refractivity contribution in [1.82, 2.24) is 20.0 Å². The maximum Gasteiger partial charge on any atom is 0.313 e. The number of carbonyl (C=O) groups is 4. The van der Waals surface area contributed by atoms with Crippen LogP contribution < -0.4 is 5.32 Å². The van der Waals surface area contributed by atoms with Crippen LogP contribution in [0.4, 0.5) is 0 Å². The molecule has 12 heteroatoms. The molecule has 0 bridgehead atoms. The molecule has 7 atom stereocenters. The molecule has 6 rings (SSSR count). The van der Waals surface area contributed by atoms with E-state index in [0.717, 1.165) is 13.1 Å². The Balaban J connectivity index is 1.35. The largest absolute Gasteiger partial charge is 0.455 e. The molecule has 47 heavy (non-hydrogen) atoms.